The second-order valence-electron chi connectivity index (χ2n) is 4.73. The molecule has 0 radical (unpaired) electrons. The third-order valence-corrected chi connectivity index (χ3v) is 4.49. The molecule has 0 unspecified atom stereocenters. The average Bonchev–Trinajstić information content (AvgIpc) is 2.55. The zero-order valence-electron chi connectivity index (χ0n) is 12.6. The van der Waals surface area contributed by atoms with Gasteiger partial charge in [-0.3, -0.25) is 4.79 Å². The number of nitrogens with zero attached hydrogens (tertiary/aromatic N) is 1. The fourth-order valence-corrected chi connectivity index (χ4v) is 3.09. The Morgan fingerprint density at radius 2 is 1.67 bits per heavy atom. The lowest BCUT2D eigenvalue weighted by Gasteiger charge is -2.22. The summed E-state index contributed by atoms with van der Waals surface area (Å²) in [5.41, 5.74) is 1.74. The van der Waals surface area contributed by atoms with Crippen LogP contribution in [0.4, 0.5) is 5.69 Å². The van der Waals surface area contributed by atoms with Crippen LogP contribution in [0.2, 0.25) is 0 Å². The summed E-state index contributed by atoms with van der Waals surface area (Å²) < 4.78 is 0. The summed E-state index contributed by atoms with van der Waals surface area (Å²) in [5.74, 6) is 1.10. The Bertz CT molecular complexity index is 583. The molecule has 0 aliphatic carbocycles. The first-order valence-corrected chi connectivity index (χ1v) is 8.35. The van der Waals surface area contributed by atoms with Crippen molar-refractivity contribution < 1.29 is 4.79 Å². The number of hydrogen-bond acceptors (Lipinski definition) is 2. The highest BCUT2D eigenvalue weighted by atomic mass is 32.2. The minimum Gasteiger partial charge on any atom is -0.309 e. The maximum atomic E-state index is 12.9. The van der Waals surface area contributed by atoms with Gasteiger partial charge in [-0.15, -0.1) is 11.8 Å². The molecule has 2 nitrogen and oxygen atoms in total. The summed E-state index contributed by atoms with van der Waals surface area (Å²) in [6.45, 7) is 4.82. The zero-order chi connectivity index (χ0) is 15.1. The Morgan fingerprint density at radius 3 is 2.33 bits per heavy atom. The molecule has 2 aromatic rings. The molecule has 1 amide bonds. The minimum absolute atomic E-state index is 0.0721. The number of benzene rings is 2. The van der Waals surface area contributed by atoms with Crippen LogP contribution in [-0.4, -0.2) is 18.2 Å². The van der Waals surface area contributed by atoms with Crippen LogP contribution in [0.5, 0.6) is 0 Å². The average molecular weight is 299 g/mol. The summed E-state index contributed by atoms with van der Waals surface area (Å²) in [5, 5.41) is 0. The van der Waals surface area contributed by atoms with Crippen molar-refractivity contribution in [3.8, 4) is 0 Å². The van der Waals surface area contributed by atoms with Crippen LogP contribution in [0.25, 0.3) is 0 Å². The monoisotopic (exact) mass is 299 g/mol. The van der Waals surface area contributed by atoms with Gasteiger partial charge in [0.15, 0.2) is 0 Å². The molecule has 0 heterocycles. The van der Waals surface area contributed by atoms with Crippen molar-refractivity contribution in [2.45, 2.75) is 25.2 Å². The van der Waals surface area contributed by atoms with E-state index in [1.807, 2.05) is 66.4 Å². The third-order valence-electron chi connectivity index (χ3n) is 3.21. The van der Waals surface area contributed by atoms with E-state index >= 15 is 0 Å². The molecule has 0 aliphatic heterocycles. The Balaban J connectivity index is 2.30. The fraction of sp³-hybridized carbons (Fsp3) is 0.278. The molecule has 2 aromatic carbocycles. The lowest BCUT2D eigenvalue weighted by Crippen LogP contribution is -2.30. The van der Waals surface area contributed by atoms with Crippen LogP contribution in [0.3, 0.4) is 0 Å². The van der Waals surface area contributed by atoms with Crippen LogP contribution in [0.1, 0.15) is 30.6 Å². The molecule has 0 aromatic heterocycles. The Labute approximate surface area is 131 Å². The van der Waals surface area contributed by atoms with Gasteiger partial charge in [-0.05, 0) is 43.4 Å². The molecule has 0 saturated heterocycles. The molecule has 0 spiro atoms. The van der Waals surface area contributed by atoms with Crippen LogP contribution in [0, 0.1) is 0 Å². The number of amides is 1. The second kappa shape index (κ2) is 7.89. The van der Waals surface area contributed by atoms with Crippen molar-refractivity contribution in [2.75, 3.05) is 17.2 Å². The molecule has 0 N–H and O–H groups in total. The van der Waals surface area contributed by atoms with Crippen molar-refractivity contribution in [2.24, 2.45) is 0 Å². The maximum absolute atomic E-state index is 12.9. The van der Waals surface area contributed by atoms with Gasteiger partial charge in [-0.1, -0.05) is 37.3 Å². The predicted molar refractivity (Wildman–Crippen MR) is 91.2 cm³/mol. The van der Waals surface area contributed by atoms with Gasteiger partial charge >= 0.3 is 0 Å². The standard InChI is InChI=1S/C18H21NOS/c1-3-14-21-17-13-9-8-12-16(17)18(20)19(4-2)15-10-6-5-7-11-15/h5-13H,3-4,14H2,1-2H3. The van der Waals surface area contributed by atoms with E-state index in [1.54, 1.807) is 11.8 Å². The van der Waals surface area contributed by atoms with E-state index in [0.29, 0.717) is 6.54 Å². The minimum atomic E-state index is 0.0721. The van der Waals surface area contributed by atoms with E-state index in [2.05, 4.69) is 6.92 Å². The van der Waals surface area contributed by atoms with Crippen molar-refractivity contribution in [3.63, 3.8) is 0 Å². The number of carbonyl (C=O) groups is 1. The van der Waals surface area contributed by atoms with Crippen LogP contribution >= 0.6 is 11.8 Å². The zero-order valence-corrected chi connectivity index (χ0v) is 13.4. The molecule has 110 valence electrons. The Kier molecular flexibility index (Phi) is 5.88. The predicted octanol–water partition coefficient (Wildman–Crippen LogP) is 4.86. The number of thioether (sulfide) groups is 1. The van der Waals surface area contributed by atoms with Crippen molar-refractivity contribution in [1.29, 1.82) is 0 Å². The molecule has 0 atom stereocenters. The first kappa shape index (κ1) is 15.6. The number of rotatable bonds is 6. The molecular weight excluding hydrogens is 278 g/mol. The van der Waals surface area contributed by atoms with E-state index in [-0.39, 0.29) is 5.91 Å². The fourth-order valence-electron chi connectivity index (χ4n) is 2.18. The molecule has 0 fully saturated rings. The van der Waals surface area contributed by atoms with Crippen LogP contribution in [-0.2, 0) is 0 Å². The van der Waals surface area contributed by atoms with Gasteiger partial charge in [0.05, 0.1) is 5.56 Å². The summed E-state index contributed by atoms with van der Waals surface area (Å²) >= 11 is 1.75. The van der Waals surface area contributed by atoms with Crippen LogP contribution < -0.4 is 4.90 Å². The van der Waals surface area contributed by atoms with E-state index in [1.165, 1.54) is 0 Å². The highest BCUT2D eigenvalue weighted by Crippen LogP contribution is 2.26. The third kappa shape index (κ3) is 3.88. The summed E-state index contributed by atoms with van der Waals surface area (Å²) in [6, 6.07) is 17.7. The van der Waals surface area contributed by atoms with Crippen molar-refractivity contribution >= 4 is 23.4 Å². The largest absolute Gasteiger partial charge is 0.309 e. The molecule has 2 rings (SSSR count). The van der Waals surface area contributed by atoms with Gasteiger partial charge in [0.25, 0.3) is 5.91 Å². The number of hydrogen-bond donors (Lipinski definition) is 0. The normalized spacial score (nSPS) is 10.4. The van der Waals surface area contributed by atoms with Gasteiger partial charge in [0.2, 0.25) is 0 Å². The summed E-state index contributed by atoms with van der Waals surface area (Å²) in [7, 11) is 0. The van der Waals surface area contributed by atoms with Gasteiger partial charge in [-0.25, -0.2) is 0 Å². The van der Waals surface area contributed by atoms with Gasteiger partial charge in [-0.2, -0.15) is 0 Å². The lowest BCUT2D eigenvalue weighted by atomic mass is 10.1. The lowest BCUT2D eigenvalue weighted by molar-refractivity contribution is 0.0985. The topological polar surface area (TPSA) is 20.3 Å². The van der Waals surface area contributed by atoms with Gasteiger partial charge in [0, 0.05) is 17.1 Å². The summed E-state index contributed by atoms with van der Waals surface area (Å²) in [4.78, 5) is 15.8. The van der Waals surface area contributed by atoms with Crippen molar-refractivity contribution in [3.05, 3.63) is 60.2 Å². The molecule has 0 aliphatic rings. The van der Waals surface area contributed by atoms with Crippen molar-refractivity contribution in [1.82, 2.24) is 0 Å². The Hall–Kier alpha value is -1.74. The SMILES string of the molecule is CCCSc1ccccc1C(=O)N(CC)c1ccccc1. The highest BCUT2D eigenvalue weighted by Gasteiger charge is 2.18. The van der Waals surface area contributed by atoms with E-state index in [4.69, 9.17) is 0 Å². The molecular formula is C18H21NOS. The summed E-state index contributed by atoms with van der Waals surface area (Å²) in [6.07, 6.45) is 1.10. The van der Waals surface area contributed by atoms with E-state index in [0.717, 1.165) is 28.3 Å². The second-order valence-corrected chi connectivity index (χ2v) is 5.87. The molecule has 21 heavy (non-hydrogen) atoms. The quantitative estimate of drug-likeness (QED) is 0.710. The first-order valence-electron chi connectivity index (χ1n) is 7.36. The number of para-hydroxylation sites is 1. The Morgan fingerprint density at radius 1 is 1.00 bits per heavy atom. The van der Waals surface area contributed by atoms with Gasteiger partial charge < -0.3 is 4.90 Å². The molecule has 0 bridgehead atoms. The van der Waals surface area contributed by atoms with E-state index < -0.39 is 0 Å². The maximum Gasteiger partial charge on any atom is 0.259 e. The number of anilines is 1. The highest BCUT2D eigenvalue weighted by molar-refractivity contribution is 7.99. The smallest absolute Gasteiger partial charge is 0.259 e. The van der Waals surface area contributed by atoms with Crippen LogP contribution in [0.15, 0.2) is 59.5 Å². The van der Waals surface area contributed by atoms with E-state index in [9.17, 15) is 4.79 Å². The number of carbonyl (C=O) groups excluding carboxylic acids is 1. The first-order chi connectivity index (χ1) is 10.3. The van der Waals surface area contributed by atoms with Gasteiger partial charge in [0.1, 0.15) is 0 Å². The molecule has 0 saturated carbocycles. The molecule has 3 heteroatoms.